The van der Waals surface area contributed by atoms with Crippen molar-refractivity contribution in [3.8, 4) is 11.1 Å². The number of hydrogen-bond donors (Lipinski definition) is 2. The first-order valence-electron chi connectivity index (χ1n) is 11.7. The Labute approximate surface area is 220 Å². The van der Waals surface area contributed by atoms with E-state index in [2.05, 4.69) is 5.32 Å². The van der Waals surface area contributed by atoms with Crippen LogP contribution in [0.25, 0.3) is 11.1 Å². The van der Waals surface area contributed by atoms with Crippen LogP contribution in [0.1, 0.15) is 27.0 Å². The highest BCUT2D eigenvalue weighted by molar-refractivity contribution is 6.31. The molecule has 37 heavy (non-hydrogen) atoms. The first-order valence-corrected chi connectivity index (χ1v) is 12.0. The van der Waals surface area contributed by atoms with Crippen LogP contribution < -0.4 is 5.32 Å². The molecule has 0 spiro atoms. The molecule has 2 N–H and O–H groups in total. The average Bonchev–Trinajstić information content (AvgIpc) is 2.93. The van der Waals surface area contributed by atoms with Crippen LogP contribution in [-0.4, -0.2) is 27.8 Å². The number of nitrogens with one attached hydrogen (secondary N) is 1. The lowest BCUT2D eigenvalue weighted by Crippen LogP contribution is -2.35. The van der Waals surface area contributed by atoms with Crippen LogP contribution in [-0.2, 0) is 29.2 Å². The molecule has 0 bridgehead atoms. The molecule has 7 heteroatoms. The van der Waals surface area contributed by atoms with Crippen LogP contribution >= 0.6 is 11.6 Å². The molecule has 2 amide bonds. The summed E-state index contributed by atoms with van der Waals surface area (Å²) < 4.78 is 0. The van der Waals surface area contributed by atoms with Gasteiger partial charge in [-0.05, 0) is 52.1 Å². The van der Waals surface area contributed by atoms with Crippen molar-refractivity contribution in [1.82, 2.24) is 10.2 Å². The Balaban J connectivity index is 1.41. The summed E-state index contributed by atoms with van der Waals surface area (Å²) in [5.41, 5.74) is 5.00. The van der Waals surface area contributed by atoms with E-state index in [9.17, 15) is 19.5 Å². The monoisotopic (exact) mass is 512 g/mol. The molecule has 0 fully saturated rings. The zero-order chi connectivity index (χ0) is 26.2. The number of hydrogen-bond acceptors (Lipinski definition) is 3. The van der Waals surface area contributed by atoms with Gasteiger partial charge in [-0.1, -0.05) is 90.5 Å². The molecule has 0 saturated heterocycles. The number of carbonyl (C=O) groups excluding carboxylic acids is 2. The van der Waals surface area contributed by atoms with Crippen LogP contribution in [0.15, 0.2) is 103 Å². The number of amides is 2. The number of aliphatic carboxylic acids is 1. The van der Waals surface area contributed by atoms with Gasteiger partial charge < -0.3 is 15.3 Å². The second-order valence-electron chi connectivity index (χ2n) is 8.54. The van der Waals surface area contributed by atoms with Gasteiger partial charge in [-0.3, -0.25) is 9.59 Å². The summed E-state index contributed by atoms with van der Waals surface area (Å²) in [6.07, 6.45) is 0. The number of carboxylic acids is 1. The molecule has 0 aliphatic rings. The van der Waals surface area contributed by atoms with E-state index in [0.29, 0.717) is 22.7 Å². The summed E-state index contributed by atoms with van der Waals surface area (Å²) in [5.74, 6) is -2.83. The Hall–Kier alpha value is -4.42. The molecular weight excluding hydrogens is 488 g/mol. The Kier molecular flexibility index (Phi) is 8.33. The maximum absolute atomic E-state index is 12.8. The van der Waals surface area contributed by atoms with E-state index in [0.717, 1.165) is 22.3 Å². The van der Waals surface area contributed by atoms with Crippen molar-refractivity contribution in [1.29, 1.82) is 0 Å². The minimum Gasteiger partial charge on any atom is -0.474 e. The number of halogens is 1. The van der Waals surface area contributed by atoms with E-state index in [1.807, 2.05) is 54.6 Å². The number of carbonyl (C=O) groups is 3. The molecule has 0 aromatic heterocycles. The van der Waals surface area contributed by atoms with Crippen molar-refractivity contribution in [3.63, 3.8) is 0 Å². The van der Waals surface area contributed by atoms with Gasteiger partial charge in [-0.25, -0.2) is 4.79 Å². The van der Waals surface area contributed by atoms with E-state index in [1.165, 1.54) is 4.90 Å². The Morgan fingerprint density at radius 2 is 1.32 bits per heavy atom. The maximum atomic E-state index is 12.8. The largest absolute Gasteiger partial charge is 0.474 e. The highest BCUT2D eigenvalue weighted by atomic mass is 35.5. The van der Waals surface area contributed by atoms with Crippen molar-refractivity contribution in [3.05, 3.63) is 130 Å². The zero-order valence-electron chi connectivity index (χ0n) is 19.9. The minimum atomic E-state index is -1.54. The molecule has 4 aromatic carbocycles. The molecule has 186 valence electrons. The van der Waals surface area contributed by atoms with Gasteiger partial charge in [0.15, 0.2) is 0 Å². The third-order valence-electron chi connectivity index (χ3n) is 5.83. The normalized spacial score (nSPS) is 10.5. The molecule has 0 unspecified atom stereocenters. The quantitative estimate of drug-likeness (QED) is 0.303. The Bertz CT molecular complexity index is 1390. The fraction of sp³-hybridized carbons (Fsp3) is 0.100. The second-order valence-corrected chi connectivity index (χ2v) is 8.98. The predicted molar refractivity (Wildman–Crippen MR) is 143 cm³/mol. The average molecular weight is 513 g/mol. The maximum Gasteiger partial charge on any atom is 0.394 e. The molecule has 0 atom stereocenters. The van der Waals surface area contributed by atoms with Crippen molar-refractivity contribution in [2.24, 2.45) is 0 Å². The van der Waals surface area contributed by atoms with Crippen molar-refractivity contribution in [2.75, 3.05) is 0 Å². The van der Waals surface area contributed by atoms with E-state index in [1.54, 1.807) is 48.5 Å². The first-order chi connectivity index (χ1) is 17.9. The second kappa shape index (κ2) is 12.0. The van der Waals surface area contributed by atoms with Gasteiger partial charge >= 0.3 is 11.9 Å². The van der Waals surface area contributed by atoms with E-state index in [4.69, 9.17) is 11.6 Å². The third-order valence-corrected chi connectivity index (χ3v) is 6.09. The molecule has 0 saturated carbocycles. The molecule has 0 aliphatic heterocycles. The smallest absolute Gasteiger partial charge is 0.394 e. The standard InChI is InChI=1S/C30H25ClN2O4/c31-27-15-11-22(12-16-27)19-33(29(35)30(36)37)20-23-5-4-8-26(17-23)28(34)32-18-21-9-13-25(14-10-21)24-6-2-1-3-7-24/h1-17H,18-20H2,(H,32,34)(H,36,37). The van der Waals surface area contributed by atoms with Crippen LogP contribution in [0.4, 0.5) is 0 Å². The predicted octanol–water partition coefficient (Wildman–Crippen LogP) is 5.55. The molecule has 4 rings (SSSR count). The summed E-state index contributed by atoms with van der Waals surface area (Å²) in [6.45, 7) is 0.492. The van der Waals surface area contributed by atoms with Gasteiger partial charge in [0, 0.05) is 30.2 Å². The van der Waals surface area contributed by atoms with Crippen molar-refractivity contribution >= 4 is 29.4 Å². The molecule has 0 radical (unpaired) electrons. The molecule has 0 heterocycles. The summed E-state index contributed by atoms with van der Waals surface area (Å²) in [4.78, 5) is 37.8. The first kappa shape index (κ1) is 25.7. The van der Waals surface area contributed by atoms with Gasteiger partial charge in [0.05, 0.1) is 0 Å². The van der Waals surface area contributed by atoms with Gasteiger partial charge in [-0.2, -0.15) is 0 Å². The van der Waals surface area contributed by atoms with Gasteiger partial charge in [0.2, 0.25) is 0 Å². The highest BCUT2D eigenvalue weighted by Gasteiger charge is 2.22. The zero-order valence-corrected chi connectivity index (χ0v) is 20.7. The number of nitrogens with zero attached hydrogens (tertiary/aromatic N) is 1. The van der Waals surface area contributed by atoms with Crippen LogP contribution in [0, 0.1) is 0 Å². The van der Waals surface area contributed by atoms with Gasteiger partial charge in [0.25, 0.3) is 5.91 Å². The van der Waals surface area contributed by atoms with Crippen LogP contribution in [0.5, 0.6) is 0 Å². The van der Waals surface area contributed by atoms with E-state index in [-0.39, 0.29) is 19.0 Å². The minimum absolute atomic E-state index is 0.0375. The van der Waals surface area contributed by atoms with Gasteiger partial charge in [-0.15, -0.1) is 0 Å². The lowest BCUT2D eigenvalue weighted by molar-refractivity contribution is -0.156. The topological polar surface area (TPSA) is 86.7 Å². The number of benzene rings is 4. The van der Waals surface area contributed by atoms with E-state index < -0.39 is 11.9 Å². The summed E-state index contributed by atoms with van der Waals surface area (Å²) in [6, 6.07) is 31.7. The lowest BCUT2D eigenvalue weighted by Gasteiger charge is -2.21. The van der Waals surface area contributed by atoms with Crippen LogP contribution in [0.2, 0.25) is 5.02 Å². The summed E-state index contributed by atoms with van der Waals surface area (Å²) in [5, 5.41) is 12.7. The van der Waals surface area contributed by atoms with Crippen molar-refractivity contribution < 1.29 is 19.5 Å². The number of carboxylic acid groups (broad SMARTS) is 1. The molecule has 4 aromatic rings. The fourth-order valence-corrected chi connectivity index (χ4v) is 4.03. The SMILES string of the molecule is O=C(O)C(=O)N(Cc1ccc(Cl)cc1)Cc1cccc(C(=O)NCc2ccc(-c3ccccc3)cc2)c1. The summed E-state index contributed by atoms with van der Waals surface area (Å²) in [7, 11) is 0. The Morgan fingerprint density at radius 1 is 0.703 bits per heavy atom. The van der Waals surface area contributed by atoms with Gasteiger partial charge in [0.1, 0.15) is 0 Å². The van der Waals surface area contributed by atoms with E-state index >= 15 is 0 Å². The number of rotatable bonds is 8. The fourth-order valence-electron chi connectivity index (χ4n) is 3.91. The molecular formula is C30H25ClN2O4. The summed E-state index contributed by atoms with van der Waals surface area (Å²) >= 11 is 5.92. The highest BCUT2D eigenvalue weighted by Crippen LogP contribution is 2.19. The lowest BCUT2D eigenvalue weighted by atomic mass is 10.0. The van der Waals surface area contributed by atoms with Crippen LogP contribution in [0.3, 0.4) is 0 Å². The molecule has 6 nitrogen and oxygen atoms in total. The molecule has 0 aliphatic carbocycles. The van der Waals surface area contributed by atoms with Crippen molar-refractivity contribution in [2.45, 2.75) is 19.6 Å². The third kappa shape index (κ3) is 7.06. The Morgan fingerprint density at radius 3 is 2.00 bits per heavy atom.